The number of amides is 1. The second-order valence-electron chi connectivity index (χ2n) is 8.55. The summed E-state index contributed by atoms with van der Waals surface area (Å²) < 4.78 is 51.5. The Hall–Kier alpha value is -3.96. The minimum Gasteiger partial charge on any atom is -0.481 e. The number of alkyl halides is 3. The number of pyridine rings is 2. The largest absolute Gasteiger partial charge is 0.481 e. The monoisotopic (exact) mass is 500 g/mol. The molecule has 3 aromatic rings. The van der Waals surface area contributed by atoms with Crippen LogP contribution in [0.2, 0.25) is 0 Å². The number of ether oxygens (including phenoxy) is 2. The fourth-order valence-corrected chi connectivity index (χ4v) is 4.46. The topological polar surface area (TPSA) is 93.6 Å². The van der Waals surface area contributed by atoms with Crippen LogP contribution in [-0.4, -0.2) is 63.6 Å². The molecular weight excluding hydrogens is 477 g/mol. The van der Waals surface area contributed by atoms with Crippen LogP contribution in [0, 0.1) is 0 Å². The van der Waals surface area contributed by atoms with E-state index in [9.17, 15) is 18.0 Å². The molecular formula is C24H23F3N6O3. The zero-order valence-corrected chi connectivity index (χ0v) is 19.4. The van der Waals surface area contributed by atoms with Crippen molar-refractivity contribution in [1.29, 1.82) is 0 Å². The van der Waals surface area contributed by atoms with Gasteiger partial charge in [0.1, 0.15) is 18.0 Å². The molecule has 1 saturated heterocycles. The molecule has 1 atom stereocenters. The van der Waals surface area contributed by atoms with Crippen LogP contribution in [0.25, 0.3) is 0 Å². The maximum atomic E-state index is 13.5. The maximum Gasteiger partial charge on any atom is 0.421 e. The Labute approximate surface area is 204 Å². The molecule has 0 spiro atoms. The predicted octanol–water partition coefficient (Wildman–Crippen LogP) is 3.15. The van der Waals surface area contributed by atoms with Gasteiger partial charge in [-0.15, -0.1) is 0 Å². The fourth-order valence-electron chi connectivity index (χ4n) is 4.46. The summed E-state index contributed by atoms with van der Waals surface area (Å²) in [6, 6.07) is 4.48. The molecule has 2 aliphatic rings. The summed E-state index contributed by atoms with van der Waals surface area (Å²) in [6.07, 6.45) is 2.21. The van der Waals surface area contributed by atoms with Crippen molar-refractivity contribution in [3.8, 4) is 11.8 Å². The molecule has 0 aromatic carbocycles. The molecule has 0 bridgehead atoms. The molecule has 2 aliphatic heterocycles. The third-order valence-corrected chi connectivity index (χ3v) is 6.28. The number of hydrogen-bond acceptors (Lipinski definition) is 8. The van der Waals surface area contributed by atoms with E-state index in [1.54, 1.807) is 28.1 Å². The highest BCUT2D eigenvalue weighted by Gasteiger charge is 2.36. The first kappa shape index (κ1) is 23.8. The van der Waals surface area contributed by atoms with E-state index < -0.39 is 17.6 Å². The van der Waals surface area contributed by atoms with Crippen molar-refractivity contribution < 1.29 is 27.4 Å². The number of rotatable bonds is 5. The second-order valence-corrected chi connectivity index (χ2v) is 8.55. The lowest BCUT2D eigenvalue weighted by Crippen LogP contribution is -2.33. The van der Waals surface area contributed by atoms with Crippen molar-refractivity contribution in [2.45, 2.75) is 31.7 Å². The van der Waals surface area contributed by atoms with Crippen LogP contribution in [0.3, 0.4) is 0 Å². The number of nitrogens with zero attached hydrogens (tertiary/aromatic N) is 6. The average Bonchev–Trinajstić information content (AvgIpc) is 3.36. The molecule has 5 heterocycles. The van der Waals surface area contributed by atoms with E-state index in [0.29, 0.717) is 55.2 Å². The van der Waals surface area contributed by atoms with Crippen molar-refractivity contribution in [2.24, 2.45) is 0 Å². The number of likely N-dealkylation sites (tertiary alicyclic amines) is 1. The first-order chi connectivity index (χ1) is 17.3. The molecule has 0 radical (unpaired) electrons. The van der Waals surface area contributed by atoms with Gasteiger partial charge in [0.05, 0.1) is 48.9 Å². The third kappa shape index (κ3) is 4.75. The van der Waals surface area contributed by atoms with Gasteiger partial charge < -0.3 is 19.3 Å². The van der Waals surface area contributed by atoms with Crippen LogP contribution in [0.1, 0.15) is 33.6 Å². The van der Waals surface area contributed by atoms with Crippen LogP contribution in [0.5, 0.6) is 11.8 Å². The minimum absolute atomic E-state index is 0.113. The van der Waals surface area contributed by atoms with E-state index in [1.807, 2.05) is 0 Å². The standard InChI is InChI=1S/C24H23F3N6O3/c1-35-22-19(24(25,26)27)9-16(11-29-22)32-8-5-20-18(13-32)21(31-14-30-20)36-17-4-7-33(12-17)23(34)15-3-2-6-28-10-15/h2-3,6,9-11,14,17H,4-5,7-8,12-13H2,1H3. The van der Waals surface area contributed by atoms with Gasteiger partial charge in [-0.3, -0.25) is 9.78 Å². The van der Waals surface area contributed by atoms with Gasteiger partial charge in [-0.05, 0) is 18.2 Å². The summed E-state index contributed by atoms with van der Waals surface area (Å²) in [5.74, 6) is -0.205. The van der Waals surface area contributed by atoms with Gasteiger partial charge in [-0.2, -0.15) is 13.2 Å². The lowest BCUT2D eigenvalue weighted by molar-refractivity contribution is -0.139. The van der Waals surface area contributed by atoms with E-state index in [-0.39, 0.29) is 18.6 Å². The zero-order chi connectivity index (χ0) is 25.3. The van der Waals surface area contributed by atoms with E-state index in [2.05, 4.69) is 19.9 Å². The third-order valence-electron chi connectivity index (χ3n) is 6.28. The van der Waals surface area contributed by atoms with Crippen LogP contribution < -0.4 is 14.4 Å². The molecule has 3 aromatic heterocycles. The van der Waals surface area contributed by atoms with Gasteiger partial charge in [0, 0.05) is 38.3 Å². The minimum atomic E-state index is -4.60. The molecule has 1 amide bonds. The molecule has 5 rings (SSSR count). The summed E-state index contributed by atoms with van der Waals surface area (Å²) >= 11 is 0. The number of halogens is 3. The van der Waals surface area contributed by atoms with Gasteiger partial charge in [0.2, 0.25) is 11.8 Å². The first-order valence-corrected chi connectivity index (χ1v) is 11.4. The first-order valence-electron chi connectivity index (χ1n) is 11.4. The predicted molar refractivity (Wildman–Crippen MR) is 122 cm³/mol. The molecule has 36 heavy (non-hydrogen) atoms. The molecule has 9 nitrogen and oxygen atoms in total. The zero-order valence-electron chi connectivity index (χ0n) is 19.4. The molecule has 0 saturated carbocycles. The molecule has 188 valence electrons. The van der Waals surface area contributed by atoms with Crippen molar-refractivity contribution in [1.82, 2.24) is 24.8 Å². The SMILES string of the molecule is COc1ncc(N2CCc3ncnc(OC4CCN(C(=O)c5cccnc5)C4)c3C2)cc1C(F)(F)F. The Morgan fingerprint density at radius 3 is 2.75 bits per heavy atom. The highest BCUT2D eigenvalue weighted by atomic mass is 19.4. The Balaban J connectivity index is 1.32. The quantitative estimate of drug-likeness (QED) is 0.528. The lowest BCUT2D eigenvalue weighted by Gasteiger charge is -2.31. The number of hydrogen-bond donors (Lipinski definition) is 0. The fraction of sp³-hybridized carbons (Fsp3) is 0.375. The van der Waals surface area contributed by atoms with Crippen LogP contribution in [0.4, 0.5) is 18.9 Å². The Bertz CT molecular complexity index is 1260. The summed E-state index contributed by atoms with van der Waals surface area (Å²) in [7, 11) is 1.16. The summed E-state index contributed by atoms with van der Waals surface area (Å²) in [4.78, 5) is 32.7. The van der Waals surface area contributed by atoms with Gasteiger partial charge in [0.15, 0.2) is 0 Å². The van der Waals surface area contributed by atoms with Gasteiger partial charge in [0.25, 0.3) is 5.91 Å². The lowest BCUT2D eigenvalue weighted by atomic mass is 10.1. The van der Waals surface area contributed by atoms with Crippen molar-refractivity contribution in [2.75, 3.05) is 31.6 Å². The second kappa shape index (κ2) is 9.59. The number of anilines is 1. The Morgan fingerprint density at radius 1 is 1.14 bits per heavy atom. The van der Waals surface area contributed by atoms with Crippen LogP contribution in [0.15, 0.2) is 43.1 Å². The summed E-state index contributed by atoms with van der Waals surface area (Å²) in [6.45, 7) is 1.66. The van der Waals surface area contributed by atoms with Crippen LogP contribution >= 0.6 is 0 Å². The highest BCUT2D eigenvalue weighted by molar-refractivity contribution is 5.94. The average molecular weight is 500 g/mol. The van der Waals surface area contributed by atoms with E-state index in [4.69, 9.17) is 9.47 Å². The Morgan fingerprint density at radius 2 is 2.00 bits per heavy atom. The number of carbonyl (C=O) groups is 1. The summed E-state index contributed by atoms with van der Waals surface area (Å²) in [5, 5.41) is 0. The van der Waals surface area contributed by atoms with Crippen LogP contribution in [-0.2, 0) is 19.1 Å². The normalized spacial score (nSPS) is 17.6. The number of carbonyl (C=O) groups excluding carboxylic acids is 1. The van der Waals surface area contributed by atoms with Crippen molar-refractivity contribution in [3.63, 3.8) is 0 Å². The Kier molecular flexibility index (Phi) is 6.33. The molecule has 12 heteroatoms. The van der Waals surface area contributed by atoms with Gasteiger partial charge >= 0.3 is 6.18 Å². The number of aromatic nitrogens is 4. The number of fused-ring (bicyclic) bond motifs is 1. The van der Waals surface area contributed by atoms with E-state index in [0.717, 1.165) is 18.9 Å². The summed E-state index contributed by atoms with van der Waals surface area (Å²) in [5.41, 5.74) is 1.40. The van der Waals surface area contributed by atoms with E-state index in [1.165, 1.54) is 18.7 Å². The number of methoxy groups -OCH3 is 1. The van der Waals surface area contributed by atoms with Gasteiger partial charge in [-0.25, -0.2) is 15.0 Å². The maximum absolute atomic E-state index is 13.5. The van der Waals surface area contributed by atoms with E-state index >= 15 is 0 Å². The molecule has 0 N–H and O–H groups in total. The van der Waals surface area contributed by atoms with Gasteiger partial charge in [-0.1, -0.05) is 0 Å². The van der Waals surface area contributed by atoms with Crippen molar-refractivity contribution >= 4 is 11.6 Å². The van der Waals surface area contributed by atoms with Crippen molar-refractivity contribution in [3.05, 3.63) is 65.5 Å². The molecule has 1 fully saturated rings. The highest BCUT2D eigenvalue weighted by Crippen LogP contribution is 2.38. The smallest absolute Gasteiger partial charge is 0.421 e. The molecule has 0 aliphatic carbocycles. The molecule has 1 unspecified atom stereocenters.